The first-order chi connectivity index (χ1) is 14.2. The van der Waals surface area contributed by atoms with Gasteiger partial charge in [-0.1, -0.05) is 0 Å². The Bertz CT molecular complexity index is 907. The normalized spacial score (nSPS) is 27.7. The number of fused-ring (bicyclic) bond motifs is 4. The summed E-state index contributed by atoms with van der Waals surface area (Å²) in [6.07, 6.45) is 8.18. The van der Waals surface area contributed by atoms with Crippen LogP contribution in [0.5, 0.6) is 0 Å². The average molecular weight is 433 g/mol. The minimum Gasteiger partial charge on any atom is -0.347 e. The van der Waals surface area contributed by atoms with Crippen molar-refractivity contribution >= 4 is 24.2 Å². The third kappa shape index (κ3) is 3.77. The number of carbonyl (C=O) groups excluding carboxylic acids is 2. The SMILES string of the molecule is Cl.O=C(NCc1nc(-c2cnccn2)n[nH]1)[C@H]1[C@@H]2CNC[C@@H](C2)[C@@H]2CCCC(=O)N21. The van der Waals surface area contributed by atoms with E-state index >= 15 is 0 Å². The first-order valence-corrected chi connectivity index (χ1v) is 10.2. The van der Waals surface area contributed by atoms with Crippen molar-refractivity contribution in [3.8, 4) is 11.5 Å². The molecule has 3 fully saturated rings. The van der Waals surface area contributed by atoms with Crippen LogP contribution in [0.25, 0.3) is 11.5 Å². The van der Waals surface area contributed by atoms with Crippen LogP contribution in [-0.2, 0) is 16.1 Å². The number of nitrogens with one attached hydrogen (secondary N) is 3. The predicted octanol–water partition coefficient (Wildman–Crippen LogP) is 0.289. The van der Waals surface area contributed by atoms with Gasteiger partial charge in [0.15, 0.2) is 0 Å². The molecule has 3 aliphatic heterocycles. The second kappa shape index (κ2) is 8.65. The largest absolute Gasteiger partial charge is 0.347 e. The van der Waals surface area contributed by atoms with Gasteiger partial charge in [0.25, 0.3) is 0 Å². The van der Waals surface area contributed by atoms with Crippen molar-refractivity contribution < 1.29 is 9.59 Å². The fourth-order valence-corrected chi connectivity index (χ4v) is 5.03. The molecule has 5 rings (SSSR count). The van der Waals surface area contributed by atoms with E-state index in [4.69, 9.17) is 0 Å². The van der Waals surface area contributed by atoms with Crippen LogP contribution in [0.3, 0.4) is 0 Å². The topological polar surface area (TPSA) is 129 Å². The molecule has 11 heteroatoms. The number of aromatic amines is 1. The van der Waals surface area contributed by atoms with Crippen LogP contribution in [0, 0.1) is 11.8 Å². The van der Waals surface area contributed by atoms with Gasteiger partial charge in [0.05, 0.1) is 12.7 Å². The average Bonchev–Trinajstić information content (AvgIpc) is 3.23. The van der Waals surface area contributed by atoms with E-state index in [-0.39, 0.29) is 42.7 Å². The second-order valence-electron chi connectivity index (χ2n) is 8.03. The standard InChI is InChI=1S/C19H24N8O2.ClH/c28-16-3-1-2-14-11-6-12(8-21-7-11)17(27(14)16)19(29)23-10-15-24-18(26-25-15)13-9-20-4-5-22-13;/h4-5,9,11-12,14,17,21H,1-3,6-8,10H2,(H,23,29)(H,24,25,26);1H/t11-,12+,14+,17-;/m1./s1. The lowest BCUT2D eigenvalue weighted by Crippen LogP contribution is -2.67. The molecule has 3 N–H and O–H groups in total. The lowest BCUT2D eigenvalue weighted by atomic mass is 9.72. The molecular formula is C19H25ClN8O2. The molecule has 0 aliphatic carbocycles. The van der Waals surface area contributed by atoms with Crippen molar-refractivity contribution in [3.63, 3.8) is 0 Å². The van der Waals surface area contributed by atoms with E-state index in [9.17, 15) is 9.59 Å². The Hall–Kier alpha value is -2.59. The van der Waals surface area contributed by atoms with E-state index in [1.54, 1.807) is 18.6 Å². The van der Waals surface area contributed by atoms with Gasteiger partial charge in [0.2, 0.25) is 17.6 Å². The number of halogens is 1. The maximum atomic E-state index is 13.1. The Morgan fingerprint density at radius 3 is 2.97 bits per heavy atom. The molecule has 2 aromatic heterocycles. The fraction of sp³-hybridized carbons (Fsp3) is 0.579. The molecule has 2 amide bonds. The maximum Gasteiger partial charge on any atom is 0.243 e. The third-order valence-electron chi connectivity index (χ3n) is 6.27. The Balaban J connectivity index is 0.00000218. The number of hydrogen-bond acceptors (Lipinski definition) is 7. The Labute approximate surface area is 180 Å². The zero-order chi connectivity index (χ0) is 19.8. The van der Waals surface area contributed by atoms with E-state index in [0.29, 0.717) is 29.7 Å². The number of H-pyrrole nitrogens is 1. The minimum atomic E-state index is -0.417. The Morgan fingerprint density at radius 1 is 1.27 bits per heavy atom. The molecule has 2 aromatic rings. The summed E-state index contributed by atoms with van der Waals surface area (Å²) < 4.78 is 0. The highest BCUT2D eigenvalue weighted by atomic mass is 35.5. The third-order valence-corrected chi connectivity index (χ3v) is 6.27. The molecule has 2 bridgehead atoms. The van der Waals surface area contributed by atoms with Crippen molar-refractivity contribution in [2.24, 2.45) is 11.8 Å². The first-order valence-electron chi connectivity index (χ1n) is 10.2. The first kappa shape index (κ1) is 20.7. The van der Waals surface area contributed by atoms with Gasteiger partial charge in [-0.3, -0.25) is 19.7 Å². The molecule has 0 aromatic carbocycles. The van der Waals surface area contributed by atoms with E-state index in [2.05, 4.69) is 35.8 Å². The van der Waals surface area contributed by atoms with Crippen molar-refractivity contribution in [1.82, 2.24) is 40.7 Å². The van der Waals surface area contributed by atoms with Gasteiger partial charge in [-0.05, 0) is 31.7 Å². The molecular weight excluding hydrogens is 408 g/mol. The number of hydrogen-bond donors (Lipinski definition) is 3. The van der Waals surface area contributed by atoms with Crippen LogP contribution >= 0.6 is 12.4 Å². The van der Waals surface area contributed by atoms with Gasteiger partial charge in [-0.15, -0.1) is 12.4 Å². The van der Waals surface area contributed by atoms with Crippen molar-refractivity contribution in [2.75, 3.05) is 13.1 Å². The number of carbonyl (C=O) groups is 2. The summed E-state index contributed by atoms with van der Waals surface area (Å²) in [5.74, 6) is 1.57. The number of piperidine rings is 3. The summed E-state index contributed by atoms with van der Waals surface area (Å²) in [7, 11) is 0. The molecule has 0 unspecified atom stereocenters. The summed E-state index contributed by atoms with van der Waals surface area (Å²) in [6.45, 7) is 1.92. The van der Waals surface area contributed by atoms with Gasteiger partial charge in [0.1, 0.15) is 17.6 Å². The fourth-order valence-electron chi connectivity index (χ4n) is 5.03. The predicted molar refractivity (Wildman–Crippen MR) is 109 cm³/mol. The molecule has 0 radical (unpaired) electrons. The van der Waals surface area contributed by atoms with E-state index < -0.39 is 6.04 Å². The van der Waals surface area contributed by atoms with Gasteiger partial charge in [-0.25, -0.2) is 9.97 Å². The molecule has 3 saturated heterocycles. The summed E-state index contributed by atoms with van der Waals surface area (Å²) >= 11 is 0. The van der Waals surface area contributed by atoms with Crippen LogP contribution in [0.1, 0.15) is 31.5 Å². The molecule has 10 nitrogen and oxygen atoms in total. The van der Waals surface area contributed by atoms with Crippen LogP contribution in [0.2, 0.25) is 0 Å². The molecule has 30 heavy (non-hydrogen) atoms. The molecule has 5 heterocycles. The number of rotatable bonds is 4. The highest BCUT2D eigenvalue weighted by Crippen LogP contribution is 2.39. The summed E-state index contributed by atoms with van der Waals surface area (Å²) in [6, 6.07) is -0.246. The van der Waals surface area contributed by atoms with Gasteiger partial charge < -0.3 is 15.5 Å². The lowest BCUT2D eigenvalue weighted by molar-refractivity contribution is -0.157. The Kier molecular flexibility index (Phi) is 5.96. The molecule has 3 aliphatic rings. The number of nitrogens with zero attached hydrogens (tertiary/aromatic N) is 5. The summed E-state index contributed by atoms with van der Waals surface area (Å²) in [5.41, 5.74) is 0.565. The van der Waals surface area contributed by atoms with Crippen LogP contribution in [0.4, 0.5) is 0 Å². The van der Waals surface area contributed by atoms with Crippen LogP contribution in [0.15, 0.2) is 18.6 Å². The van der Waals surface area contributed by atoms with Gasteiger partial charge in [-0.2, -0.15) is 5.10 Å². The summed E-state index contributed by atoms with van der Waals surface area (Å²) in [5, 5.41) is 13.4. The van der Waals surface area contributed by atoms with Gasteiger partial charge >= 0.3 is 0 Å². The minimum absolute atomic E-state index is 0. The lowest BCUT2D eigenvalue weighted by Gasteiger charge is -2.53. The van der Waals surface area contributed by atoms with Gasteiger partial charge in [0, 0.05) is 37.3 Å². The molecule has 4 atom stereocenters. The molecule has 160 valence electrons. The Morgan fingerprint density at radius 2 is 2.13 bits per heavy atom. The van der Waals surface area contributed by atoms with Crippen LogP contribution < -0.4 is 10.6 Å². The highest BCUT2D eigenvalue weighted by Gasteiger charge is 2.50. The van der Waals surface area contributed by atoms with E-state index in [1.807, 2.05) is 4.90 Å². The van der Waals surface area contributed by atoms with Crippen LogP contribution in [-0.4, -0.2) is 67.0 Å². The zero-order valence-corrected chi connectivity index (χ0v) is 17.3. The zero-order valence-electron chi connectivity index (χ0n) is 16.5. The summed E-state index contributed by atoms with van der Waals surface area (Å²) in [4.78, 5) is 40.3. The van der Waals surface area contributed by atoms with Crippen molar-refractivity contribution in [3.05, 3.63) is 24.4 Å². The van der Waals surface area contributed by atoms with Crippen molar-refractivity contribution in [1.29, 1.82) is 0 Å². The number of amides is 2. The number of aromatic nitrogens is 5. The van der Waals surface area contributed by atoms with Crippen molar-refractivity contribution in [2.45, 2.75) is 44.3 Å². The monoisotopic (exact) mass is 432 g/mol. The molecule has 0 spiro atoms. The smallest absolute Gasteiger partial charge is 0.243 e. The quantitative estimate of drug-likeness (QED) is 0.633. The van der Waals surface area contributed by atoms with E-state index in [1.165, 1.54) is 0 Å². The highest BCUT2D eigenvalue weighted by molar-refractivity contribution is 5.89. The maximum absolute atomic E-state index is 13.1. The molecule has 0 saturated carbocycles. The second-order valence-corrected chi connectivity index (χ2v) is 8.03. The van der Waals surface area contributed by atoms with E-state index in [0.717, 1.165) is 32.4 Å².